The van der Waals surface area contributed by atoms with Crippen LogP contribution < -0.4 is 20.1 Å². The number of anilines is 1. The summed E-state index contributed by atoms with van der Waals surface area (Å²) in [6, 6.07) is 4.99. The molecule has 0 atom stereocenters. The largest absolute Gasteiger partial charge is 0.493 e. The van der Waals surface area contributed by atoms with Gasteiger partial charge in [-0.2, -0.15) is 0 Å². The van der Waals surface area contributed by atoms with Crippen LogP contribution in [0.15, 0.2) is 18.2 Å². The molecule has 0 saturated carbocycles. The van der Waals surface area contributed by atoms with Crippen molar-refractivity contribution in [2.45, 2.75) is 19.3 Å². The maximum absolute atomic E-state index is 11.9. The lowest BCUT2D eigenvalue weighted by molar-refractivity contribution is 0.252. The van der Waals surface area contributed by atoms with Gasteiger partial charge in [-0.15, -0.1) is 0 Å². The van der Waals surface area contributed by atoms with Crippen LogP contribution in [0.5, 0.6) is 11.5 Å². The van der Waals surface area contributed by atoms with Crippen LogP contribution in [0, 0.1) is 11.8 Å². The topological polar surface area (TPSA) is 62.8 Å². The predicted molar refractivity (Wildman–Crippen MR) is 94.6 cm³/mol. The number of nitrogens with one attached hydrogen (secondary N) is 2. The molecular weight excluding hydrogens is 306 g/mol. The molecule has 6 heteroatoms. The number of hydrogen-bond donors (Lipinski definition) is 2. The van der Waals surface area contributed by atoms with Gasteiger partial charge in [0.05, 0.1) is 33.0 Å². The molecule has 2 rings (SSSR count). The van der Waals surface area contributed by atoms with Crippen molar-refractivity contribution in [1.82, 2.24) is 10.2 Å². The molecule has 0 radical (unpaired) electrons. The number of nitrogens with zero attached hydrogens (tertiary/aromatic N) is 1. The summed E-state index contributed by atoms with van der Waals surface area (Å²) in [7, 11) is 3.09. The molecule has 1 aliphatic heterocycles. The van der Waals surface area contributed by atoms with E-state index in [1.807, 2.05) is 0 Å². The molecule has 2 amide bonds. The van der Waals surface area contributed by atoms with Gasteiger partial charge in [0.25, 0.3) is 0 Å². The molecule has 0 unspecified atom stereocenters. The van der Waals surface area contributed by atoms with Gasteiger partial charge in [-0.3, -0.25) is 4.90 Å². The number of amides is 2. The van der Waals surface area contributed by atoms with Crippen LogP contribution in [0.3, 0.4) is 0 Å². The molecule has 1 aliphatic rings. The molecule has 0 aliphatic carbocycles. The van der Waals surface area contributed by atoms with Gasteiger partial charge in [-0.05, 0) is 38.1 Å². The Hall–Kier alpha value is -2.39. The number of carbonyl (C=O) groups excluding carboxylic acids is 1. The average molecular weight is 331 g/mol. The van der Waals surface area contributed by atoms with Crippen molar-refractivity contribution in [1.29, 1.82) is 0 Å². The SMILES string of the molecule is COc1cccc(NC(=O)NCC#CCN2CCCCC2)c1OC. The lowest BCUT2D eigenvalue weighted by atomic mass is 10.1. The zero-order valence-electron chi connectivity index (χ0n) is 14.4. The number of para-hydroxylation sites is 1. The molecule has 1 saturated heterocycles. The van der Waals surface area contributed by atoms with Crippen LogP contribution in [0.1, 0.15) is 19.3 Å². The minimum Gasteiger partial charge on any atom is -0.493 e. The van der Waals surface area contributed by atoms with Crippen molar-refractivity contribution < 1.29 is 14.3 Å². The zero-order valence-corrected chi connectivity index (χ0v) is 14.4. The summed E-state index contributed by atoms with van der Waals surface area (Å²) in [5, 5.41) is 5.46. The Balaban J connectivity index is 1.77. The number of benzene rings is 1. The highest BCUT2D eigenvalue weighted by atomic mass is 16.5. The maximum Gasteiger partial charge on any atom is 0.320 e. The first-order chi connectivity index (χ1) is 11.7. The van der Waals surface area contributed by atoms with Crippen molar-refractivity contribution in [2.24, 2.45) is 0 Å². The Morgan fingerprint density at radius 1 is 1.17 bits per heavy atom. The van der Waals surface area contributed by atoms with E-state index < -0.39 is 0 Å². The maximum atomic E-state index is 11.9. The number of ether oxygens (including phenoxy) is 2. The molecule has 130 valence electrons. The van der Waals surface area contributed by atoms with E-state index in [4.69, 9.17) is 9.47 Å². The second-order valence-electron chi connectivity index (χ2n) is 5.54. The summed E-state index contributed by atoms with van der Waals surface area (Å²) in [6.07, 6.45) is 3.83. The van der Waals surface area contributed by atoms with Gasteiger partial charge < -0.3 is 20.1 Å². The summed E-state index contributed by atoms with van der Waals surface area (Å²) in [5.74, 6) is 7.14. The summed E-state index contributed by atoms with van der Waals surface area (Å²) >= 11 is 0. The quantitative estimate of drug-likeness (QED) is 0.813. The van der Waals surface area contributed by atoms with Crippen LogP contribution in [0.25, 0.3) is 0 Å². The first kappa shape index (κ1) is 18.0. The fraction of sp³-hybridized carbons (Fsp3) is 0.500. The van der Waals surface area contributed by atoms with Gasteiger partial charge in [-0.1, -0.05) is 24.3 Å². The first-order valence-corrected chi connectivity index (χ1v) is 8.18. The van der Waals surface area contributed by atoms with Crippen molar-refractivity contribution >= 4 is 11.7 Å². The second-order valence-corrected chi connectivity index (χ2v) is 5.54. The molecule has 6 nitrogen and oxygen atoms in total. The molecule has 0 aromatic heterocycles. The normalized spacial score (nSPS) is 14.2. The van der Waals surface area contributed by atoms with Crippen LogP contribution >= 0.6 is 0 Å². The van der Waals surface area contributed by atoms with Crippen LogP contribution in [-0.4, -0.2) is 51.3 Å². The first-order valence-electron chi connectivity index (χ1n) is 8.18. The molecular formula is C18H25N3O3. The fourth-order valence-corrected chi connectivity index (χ4v) is 2.62. The third-order valence-electron chi connectivity index (χ3n) is 3.86. The molecule has 2 N–H and O–H groups in total. The summed E-state index contributed by atoms with van der Waals surface area (Å²) in [6.45, 7) is 3.33. The van der Waals surface area contributed by atoms with E-state index in [1.165, 1.54) is 26.4 Å². The summed E-state index contributed by atoms with van der Waals surface area (Å²) in [5.41, 5.74) is 0.552. The average Bonchev–Trinajstić information content (AvgIpc) is 2.62. The number of urea groups is 1. The van der Waals surface area contributed by atoms with E-state index in [0.29, 0.717) is 23.7 Å². The third kappa shape index (κ3) is 5.36. The Labute approximate surface area is 143 Å². The molecule has 1 aromatic carbocycles. The van der Waals surface area contributed by atoms with E-state index in [0.717, 1.165) is 19.6 Å². The Morgan fingerprint density at radius 2 is 1.96 bits per heavy atom. The summed E-state index contributed by atoms with van der Waals surface area (Å²) in [4.78, 5) is 14.3. The predicted octanol–water partition coefficient (Wildman–Crippen LogP) is 2.31. The van der Waals surface area contributed by atoms with Gasteiger partial charge in [0.15, 0.2) is 11.5 Å². The van der Waals surface area contributed by atoms with E-state index in [1.54, 1.807) is 25.3 Å². The highest BCUT2D eigenvalue weighted by Crippen LogP contribution is 2.34. The highest BCUT2D eigenvalue weighted by molar-refractivity contribution is 5.91. The monoisotopic (exact) mass is 331 g/mol. The standard InChI is InChI=1S/C18H25N3O3/c1-23-16-10-8-9-15(17(16)24-2)20-18(22)19-11-4-7-14-21-12-5-3-6-13-21/h8-10H,3,5-6,11-14H2,1-2H3,(H2,19,20,22). The van der Waals surface area contributed by atoms with E-state index in [2.05, 4.69) is 27.4 Å². The van der Waals surface area contributed by atoms with E-state index in [-0.39, 0.29) is 6.03 Å². The van der Waals surface area contributed by atoms with Crippen LogP contribution in [0.4, 0.5) is 10.5 Å². The number of methoxy groups -OCH3 is 2. The molecule has 1 heterocycles. The zero-order chi connectivity index (χ0) is 17.2. The minimum absolute atomic E-state index is 0.311. The number of hydrogen-bond acceptors (Lipinski definition) is 4. The van der Waals surface area contributed by atoms with Crippen LogP contribution in [-0.2, 0) is 0 Å². The fourth-order valence-electron chi connectivity index (χ4n) is 2.62. The van der Waals surface area contributed by atoms with Crippen molar-refractivity contribution in [3.05, 3.63) is 18.2 Å². The van der Waals surface area contributed by atoms with Crippen LogP contribution in [0.2, 0.25) is 0 Å². The van der Waals surface area contributed by atoms with Crippen molar-refractivity contribution in [3.8, 4) is 23.3 Å². The molecule has 0 spiro atoms. The van der Waals surface area contributed by atoms with Gasteiger partial charge >= 0.3 is 6.03 Å². The Morgan fingerprint density at radius 3 is 2.67 bits per heavy atom. The molecule has 1 aromatic rings. The van der Waals surface area contributed by atoms with Gasteiger partial charge in [0.2, 0.25) is 0 Å². The second kappa shape index (κ2) is 9.68. The number of piperidine rings is 1. The number of carbonyl (C=O) groups is 1. The van der Waals surface area contributed by atoms with Crippen molar-refractivity contribution in [3.63, 3.8) is 0 Å². The minimum atomic E-state index is -0.325. The van der Waals surface area contributed by atoms with Gasteiger partial charge in [-0.25, -0.2) is 4.79 Å². The molecule has 24 heavy (non-hydrogen) atoms. The van der Waals surface area contributed by atoms with Crippen molar-refractivity contribution in [2.75, 3.05) is 45.7 Å². The number of rotatable bonds is 5. The molecule has 0 bridgehead atoms. The van der Waals surface area contributed by atoms with Gasteiger partial charge in [0, 0.05) is 0 Å². The van der Waals surface area contributed by atoms with E-state index >= 15 is 0 Å². The molecule has 1 fully saturated rings. The number of likely N-dealkylation sites (tertiary alicyclic amines) is 1. The lowest BCUT2D eigenvalue weighted by Crippen LogP contribution is -2.30. The van der Waals surface area contributed by atoms with Gasteiger partial charge in [0.1, 0.15) is 0 Å². The third-order valence-corrected chi connectivity index (χ3v) is 3.86. The van der Waals surface area contributed by atoms with E-state index in [9.17, 15) is 4.79 Å². The lowest BCUT2D eigenvalue weighted by Gasteiger charge is -2.23. The smallest absolute Gasteiger partial charge is 0.320 e. The summed E-state index contributed by atoms with van der Waals surface area (Å²) < 4.78 is 10.5. The highest BCUT2D eigenvalue weighted by Gasteiger charge is 2.11. The Kier molecular flexibility index (Phi) is 7.24. The Bertz CT molecular complexity index is 601.